The zero-order valence-electron chi connectivity index (χ0n) is 25.1. The van der Waals surface area contributed by atoms with Crippen molar-refractivity contribution in [3.8, 4) is 11.1 Å². The molecule has 1 fully saturated rings. The largest absolute Gasteiger partial charge is 0.495 e. The van der Waals surface area contributed by atoms with E-state index in [9.17, 15) is 9.59 Å². The van der Waals surface area contributed by atoms with Crippen LogP contribution in [0.2, 0.25) is 0 Å². The third-order valence-corrected chi connectivity index (χ3v) is 9.67. The maximum absolute atomic E-state index is 13.8. The normalized spacial score (nSPS) is 16.0. The number of aryl methyl sites for hydroxylation is 2. The summed E-state index contributed by atoms with van der Waals surface area (Å²) in [4.78, 5) is 27.4. The number of nitrogens with one attached hydrogen (secondary N) is 1. The van der Waals surface area contributed by atoms with Gasteiger partial charge in [-0.2, -0.15) is 0 Å². The number of hydrazine groups is 1. The number of nitrogens with zero attached hydrogens (tertiary/aromatic N) is 1. The number of amides is 2. The minimum Gasteiger partial charge on any atom is -0.399 e. The van der Waals surface area contributed by atoms with E-state index in [1.165, 1.54) is 5.01 Å². The van der Waals surface area contributed by atoms with Gasteiger partial charge in [-0.05, 0) is 141 Å². The third kappa shape index (κ3) is 6.48. The lowest BCUT2D eigenvalue weighted by molar-refractivity contribution is 0.00578. The van der Waals surface area contributed by atoms with Crippen LogP contribution in [0.5, 0.6) is 0 Å². The van der Waals surface area contributed by atoms with Crippen LogP contribution in [0.15, 0.2) is 63.5 Å². The highest BCUT2D eigenvalue weighted by molar-refractivity contribution is 9.13. The molecule has 9 heteroatoms. The molecule has 0 unspecified atom stereocenters. The summed E-state index contributed by atoms with van der Waals surface area (Å²) in [5.41, 5.74) is 6.45. The van der Waals surface area contributed by atoms with Gasteiger partial charge in [-0.1, -0.05) is 35.4 Å². The lowest BCUT2D eigenvalue weighted by Gasteiger charge is -2.35. The van der Waals surface area contributed by atoms with Crippen molar-refractivity contribution in [2.75, 3.05) is 0 Å². The van der Waals surface area contributed by atoms with Crippen molar-refractivity contribution in [3.05, 3.63) is 85.8 Å². The topological polar surface area (TPSA) is 67.9 Å². The van der Waals surface area contributed by atoms with Gasteiger partial charge >= 0.3 is 7.12 Å². The first-order valence-electron chi connectivity index (χ1n) is 13.6. The zero-order chi connectivity index (χ0) is 30.5. The molecule has 0 aromatic heterocycles. The molecule has 0 atom stereocenters. The van der Waals surface area contributed by atoms with Crippen LogP contribution in [-0.4, -0.2) is 40.7 Å². The molecule has 0 aliphatic carbocycles. The summed E-state index contributed by atoms with van der Waals surface area (Å²) in [5.74, 6) is -0.686. The molecule has 1 saturated heterocycles. The molecule has 1 aliphatic heterocycles. The Kier molecular flexibility index (Phi) is 8.69. The van der Waals surface area contributed by atoms with Crippen LogP contribution in [0.4, 0.5) is 0 Å². The Morgan fingerprint density at radius 3 is 1.98 bits per heavy atom. The first kappa shape index (κ1) is 31.5. The van der Waals surface area contributed by atoms with Crippen molar-refractivity contribution >= 4 is 56.3 Å². The highest BCUT2D eigenvalue weighted by Gasteiger charge is 2.52. The van der Waals surface area contributed by atoms with Gasteiger partial charge in [-0.25, -0.2) is 5.01 Å². The van der Waals surface area contributed by atoms with Gasteiger partial charge < -0.3 is 9.31 Å². The molecule has 1 N–H and O–H groups in total. The van der Waals surface area contributed by atoms with E-state index in [4.69, 9.17) is 9.31 Å². The second kappa shape index (κ2) is 11.3. The van der Waals surface area contributed by atoms with Crippen LogP contribution in [0, 0.1) is 13.8 Å². The Labute approximate surface area is 260 Å². The molecule has 1 aliphatic rings. The molecule has 6 nitrogen and oxygen atoms in total. The number of hydrogen-bond acceptors (Lipinski definition) is 4. The fourth-order valence-electron chi connectivity index (χ4n) is 4.74. The average Bonchev–Trinajstić information content (AvgIpc) is 3.08. The van der Waals surface area contributed by atoms with Gasteiger partial charge in [-0.15, -0.1) is 0 Å². The molecule has 41 heavy (non-hydrogen) atoms. The number of rotatable bonds is 4. The van der Waals surface area contributed by atoms with E-state index in [1.54, 1.807) is 12.1 Å². The second-order valence-electron chi connectivity index (χ2n) is 12.6. The molecule has 1 heterocycles. The van der Waals surface area contributed by atoms with Gasteiger partial charge in [0.05, 0.1) is 16.7 Å². The molecular weight excluding hydrogens is 647 g/mol. The third-order valence-electron chi connectivity index (χ3n) is 7.62. The maximum Gasteiger partial charge on any atom is 0.495 e. The van der Waals surface area contributed by atoms with Crippen molar-refractivity contribution in [2.24, 2.45) is 0 Å². The van der Waals surface area contributed by atoms with Crippen molar-refractivity contribution in [1.29, 1.82) is 0 Å². The lowest BCUT2D eigenvalue weighted by atomic mass is 9.73. The van der Waals surface area contributed by atoms with E-state index < -0.39 is 29.8 Å². The summed E-state index contributed by atoms with van der Waals surface area (Å²) in [6.07, 6.45) is 0. The van der Waals surface area contributed by atoms with Crippen molar-refractivity contribution in [1.82, 2.24) is 10.4 Å². The van der Waals surface area contributed by atoms with Crippen molar-refractivity contribution in [3.63, 3.8) is 0 Å². The summed E-state index contributed by atoms with van der Waals surface area (Å²) in [6, 6.07) is 17.0. The molecule has 216 valence electrons. The highest BCUT2D eigenvalue weighted by atomic mass is 79.9. The van der Waals surface area contributed by atoms with Crippen LogP contribution in [0.25, 0.3) is 11.1 Å². The molecule has 0 radical (unpaired) electrons. The predicted molar refractivity (Wildman–Crippen MR) is 172 cm³/mol. The number of benzene rings is 3. The van der Waals surface area contributed by atoms with E-state index in [0.717, 1.165) is 36.7 Å². The number of hydrogen-bond donors (Lipinski definition) is 1. The van der Waals surface area contributed by atoms with E-state index in [1.807, 2.05) is 105 Å². The van der Waals surface area contributed by atoms with Crippen LogP contribution in [-0.2, 0) is 9.31 Å². The molecule has 3 aromatic rings. The number of carbonyl (C=O) groups excluding carboxylic acids is 2. The van der Waals surface area contributed by atoms with Crippen molar-refractivity contribution in [2.45, 2.75) is 79.1 Å². The molecule has 2 amide bonds. The Morgan fingerprint density at radius 1 is 0.829 bits per heavy atom. The number of halogens is 2. The number of carbonyl (C=O) groups is 2. The standard InChI is InChI=1S/C32H37BBr2N2O4/c1-19-15-20(2)17-22(16-19)29(39)37(30(3,4)5)36-28(38)21-13-14-23(24-11-10-12-26(34)27(24)35)25(18-21)33-40-31(6,7)32(8,9)41-33/h10-18H,1-9H3,(H,36,38). The molecular formula is C32H37BBr2N2O4. The summed E-state index contributed by atoms with van der Waals surface area (Å²) in [6.45, 7) is 17.6. The Bertz CT molecular complexity index is 1480. The van der Waals surface area contributed by atoms with Crippen molar-refractivity contribution < 1.29 is 18.9 Å². The Balaban J connectivity index is 1.76. The zero-order valence-corrected chi connectivity index (χ0v) is 28.3. The minimum absolute atomic E-state index is 0.279. The van der Waals surface area contributed by atoms with Gasteiger partial charge in [0.25, 0.3) is 11.8 Å². The van der Waals surface area contributed by atoms with E-state index >= 15 is 0 Å². The molecule has 4 rings (SSSR count). The van der Waals surface area contributed by atoms with Crippen LogP contribution >= 0.6 is 31.9 Å². The summed E-state index contributed by atoms with van der Waals surface area (Å²) in [5, 5.41) is 1.40. The summed E-state index contributed by atoms with van der Waals surface area (Å²) in [7, 11) is -0.704. The monoisotopic (exact) mass is 682 g/mol. The molecule has 0 bridgehead atoms. The van der Waals surface area contributed by atoms with Crippen LogP contribution in [0.3, 0.4) is 0 Å². The van der Waals surface area contributed by atoms with Crippen LogP contribution < -0.4 is 10.9 Å². The maximum atomic E-state index is 13.8. The first-order valence-corrected chi connectivity index (χ1v) is 15.2. The molecule has 0 saturated carbocycles. The first-order chi connectivity index (χ1) is 18.9. The quantitative estimate of drug-likeness (QED) is 0.230. The Morgan fingerprint density at radius 2 is 1.41 bits per heavy atom. The van der Waals surface area contributed by atoms with E-state index in [0.29, 0.717) is 11.1 Å². The lowest BCUT2D eigenvalue weighted by Crippen LogP contribution is -2.56. The average molecular weight is 684 g/mol. The van der Waals surface area contributed by atoms with Gasteiger partial charge in [0.15, 0.2) is 0 Å². The van der Waals surface area contributed by atoms with Gasteiger partial charge in [0, 0.05) is 20.1 Å². The smallest absolute Gasteiger partial charge is 0.399 e. The van der Waals surface area contributed by atoms with Gasteiger partial charge in [0.2, 0.25) is 0 Å². The second-order valence-corrected chi connectivity index (χ2v) is 14.3. The highest BCUT2D eigenvalue weighted by Crippen LogP contribution is 2.39. The fourth-order valence-corrected chi connectivity index (χ4v) is 5.59. The summed E-state index contributed by atoms with van der Waals surface area (Å²) < 4.78 is 14.6. The van der Waals surface area contributed by atoms with E-state index in [-0.39, 0.29) is 5.91 Å². The minimum atomic E-state index is -0.704. The SMILES string of the molecule is Cc1cc(C)cc(C(=O)N(NC(=O)c2ccc(-c3cccc(Br)c3Br)c(B3OC(C)(C)C(C)(C)O3)c2)C(C)(C)C)c1. The Hall–Kier alpha value is -2.46. The van der Waals surface area contributed by atoms with Gasteiger partial charge in [-0.3, -0.25) is 15.0 Å². The van der Waals surface area contributed by atoms with Crippen LogP contribution in [0.1, 0.15) is 80.3 Å². The van der Waals surface area contributed by atoms with Gasteiger partial charge in [0.1, 0.15) is 0 Å². The predicted octanol–water partition coefficient (Wildman–Crippen LogP) is 7.38. The fraction of sp³-hybridized carbons (Fsp3) is 0.375. The molecule has 3 aromatic carbocycles. The van der Waals surface area contributed by atoms with E-state index in [2.05, 4.69) is 37.3 Å². The summed E-state index contributed by atoms with van der Waals surface area (Å²) >= 11 is 7.30. The molecule has 0 spiro atoms.